The zero-order chi connectivity index (χ0) is 15.3. The number of nitrogens with one attached hydrogen (secondary N) is 2. The molecule has 0 aliphatic carbocycles. The van der Waals surface area contributed by atoms with Crippen molar-refractivity contribution in [2.24, 2.45) is 4.99 Å². The first-order valence-electron chi connectivity index (χ1n) is 7.52. The Morgan fingerprint density at radius 3 is 3.10 bits per heavy atom. The Labute approximate surface area is 132 Å². The summed E-state index contributed by atoms with van der Waals surface area (Å²) in [5.41, 5.74) is 0. The SMILES string of the molecule is C=CCSCCN=C(NCCc1ccco1)NC(C)CC. The van der Waals surface area contributed by atoms with Gasteiger partial charge in [-0.2, -0.15) is 11.8 Å². The van der Waals surface area contributed by atoms with E-state index in [0.29, 0.717) is 6.04 Å². The van der Waals surface area contributed by atoms with Crippen molar-refractivity contribution in [2.45, 2.75) is 32.7 Å². The third-order valence-corrected chi connectivity index (χ3v) is 3.92. The summed E-state index contributed by atoms with van der Waals surface area (Å²) in [5, 5.41) is 6.78. The fraction of sp³-hybridized carbons (Fsp3) is 0.562. The van der Waals surface area contributed by atoms with Gasteiger partial charge in [0.05, 0.1) is 12.8 Å². The van der Waals surface area contributed by atoms with Crippen LogP contribution in [-0.2, 0) is 6.42 Å². The minimum absolute atomic E-state index is 0.417. The highest BCUT2D eigenvalue weighted by atomic mass is 32.2. The van der Waals surface area contributed by atoms with Gasteiger partial charge in [-0.05, 0) is 25.5 Å². The molecule has 21 heavy (non-hydrogen) atoms. The Hall–Kier alpha value is -1.36. The lowest BCUT2D eigenvalue weighted by molar-refractivity contribution is 0.506. The average Bonchev–Trinajstić information content (AvgIpc) is 2.99. The summed E-state index contributed by atoms with van der Waals surface area (Å²) in [6.45, 7) is 9.67. The van der Waals surface area contributed by atoms with Gasteiger partial charge in [0.1, 0.15) is 5.76 Å². The van der Waals surface area contributed by atoms with Gasteiger partial charge < -0.3 is 15.1 Å². The molecule has 0 saturated carbocycles. The maximum atomic E-state index is 5.33. The maximum absolute atomic E-state index is 5.33. The first-order valence-corrected chi connectivity index (χ1v) is 8.67. The molecule has 0 radical (unpaired) electrons. The standard InChI is InChI=1S/C16H27N3OS/c1-4-12-21-13-10-18-16(19-14(3)5-2)17-9-8-15-7-6-11-20-15/h4,6-7,11,14H,1,5,8-10,12-13H2,2-3H3,(H2,17,18,19). The fourth-order valence-electron chi connectivity index (χ4n) is 1.64. The molecular weight excluding hydrogens is 282 g/mol. The molecule has 0 aliphatic heterocycles. The van der Waals surface area contributed by atoms with Crippen LogP contribution < -0.4 is 10.6 Å². The molecule has 0 aliphatic rings. The summed E-state index contributed by atoms with van der Waals surface area (Å²) in [6, 6.07) is 4.33. The molecule has 1 heterocycles. The van der Waals surface area contributed by atoms with E-state index in [9.17, 15) is 0 Å². The van der Waals surface area contributed by atoms with Crippen LogP contribution in [0.1, 0.15) is 26.0 Å². The van der Waals surface area contributed by atoms with Gasteiger partial charge >= 0.3 is 0 Å². The number of thioether (sulfide) groups is 1. The van der Waals surface area contributed by atoms with E-state index in [1.54, 1.807) is 6.26 Å². The van der Waals surface area contributed by atoms with Crippen LogP contribution >= 0.6 is 11.8 Å². The number of nitrogens with zero attached hydrogens (tertiary/aromatic N) is 1. The Morgan fingerprint density at radius 2 is 2.43 bits per heavy atom. The number of furan rings is 1. The summed E-state index contributed by atoms with van der Waals surface area (Å²) in [6.07, 6.45) is 5.57. The minimum Gasteiger partial charge on any atom is -0.469 e. The van der Waals surface area contributed by atoms with Crippen LogP contribution in [0, 0.1) is 0 Å². The van der Waals surface area contributed by atoms with Crippen molar-refractivity contribution in [1.82, 2.24) is 10.6 Å². The fourth-order valence-corrected chi connectivity index (χ4v) is 2.19. The van der Waals surface area contributed by atoms with Gasteiger partial charge in [-0.1, -0.05) is 13.0 Å². The second kappa shape index (κ2) is 11.3. The van der Waals surface area contributed by atoms with Gasteiger partial charge in [0, 0.05) is 30.5 Å². The molecule has 1 aromatic rings. The number of hydrogen-bond donors (Lipinski definition) is 2. The molecular formula is C16H27N3OS. The quantitative estimate of drug-likeness (QED) is 0.302. The summed E-state index contributed by atoms with van der Waals surface area (Å²) < 4.78 is 5.33. The lowest BCUT2D eigenvalue weighted by Crippen LogP contribution is -2.43. The zero-order valence-electron chi connectivity index (χ0n) is 13.1. The number of aliphatic imine (C=N–C) groups is 1. The molecule has 1 unspecified atom stereocenters. The van der Waals surface area contributed by atoms with Crippen LogP contribution in [0.2, 0.25) is 0 Å². The Morgan fingerprint density at radius 1 is 1.57 bits per heavy atom. The van der Waals surface area contributed by atoms with Crippen LogP contribution in [0.15, 0.2) is 40.5 Å². The van der Waals surface area contributed by atoms with Gasteiger partial charge in [0.2, 0.25) is 0 Å². The van der Waals surface area contributed by atoms with Crippen molar-refractivity contribution >= 4 is 17.7 Å². The highest BCUT2D eigenvalue weighted by molar-refractivity contribution is 7.99. The maximum Gasteiger partial charge on any atom is 0.191 e. The molecule has 1 atom stereocenters. The van der Waals surface area contributed by atoms with Crippen LogP contribution in [0.4, 0.5) is 0 Å². The number of hydrogen-bond acceptors (Lipinski definition) is 3. The predicted molar refractivity (Wildman–Crippen MR) is 93.1 cm³/mol. The van der Waals surface area contributed by atoms with Crippen molar-refractivity contribution in [1.29, 1.82) is 0 Å². The monoisotopic (exact) mass is 309 g/mol. The third kappa shape index (κ3) is 8.50. The first-order chi connectivity index (χ1) is 10.3. The van der Waals surface area contributed by atoms with E-state index in [2.05, 4.69) is 36.1 Å². The van der Waals surface area contributed by atoms with Crippen LogP contribution in [0.25, 0.3) is 0 Å². The Balaban J connectivity index is 2.35. The average molecular weight is 309 g/mol. The van der Waals surface area contributed by atoms with Crippen molar-refractivity contribution in [3.8, 4) is 0 Å². The van der Waals surface area contributed by atoms with Crippen molar-refractivity contribution in [3.05, 3.63) is 36.8 Å². The summed E-state index contributed by atoms with van der Waals surface area (Å²) in [7, 11) is 0. The third-order valence-electron chi connectivity index (χ3n) is 2.98. The van der Waals surface area contributed by atoms with E-state index in [1.165, 1.54) is 0 Å². The molecule has 0 bridgehead atoms. The van der Waals surface area contributed by atoms with E-state index < -0.39 is 0 Å². The van der Waals surface area contributed by atoms with Gasteiger partial charge in [0.15, 0.2) is 5.96 Å². The first kappa shape index (κ1) is 17.7. The predicted octanol–water partition coefficient (Wildman–Crippen LogP) is 3.08. The van der Waals surface area contributed by atoms with Gasteiger partial charge in [0.25, 0.3) is 0 Å². The molecule has 0 saturated heterocycles. The molecule has 4 nitrogen and oxygen atoms in total. The summed E-state index contributed by atoms with van der Waals surface area (Å²) in [5.74, 6) is 3.87. The highest BCUT2D eigenvalue weighted by Crippen LogP contribution is 2.00. The molecule has 0 spiro atoms. The molecule has 0 aromatic carbocycles. The van der Waals surface area contributed by atoms with Gasteiger partial charge in [-0.25, -0.2) is 0 Å². The lowest BCUT2D eigenvalue weighted by Gasteiger charge is -2.16. The number of guanidine groups is 1. The molecule has 1 aromatic heterocycles. The largest absolute Gasteiger partial charge is 0.469 e. The van der Waals surface area contributed by atoms with Crippen molar-refractivity contribution in [3.63, 3.8) is 0 Å². The van der Waals surface area contributed by atoms with Gasteiger partial charge in [-0.15, -0.1) is 6.58 Å². The van der Waals surface area contributed by atoms with E-state index >= 15 is 0 Å². The zero-order valence-corrected chi connectivity index (χ0v) is 13.9. The van der Waals surface area contributed by atoms with Crippen molar-refractivity contribution in [2.75, 3.05) is 24.6 Å². The Bertz CT molecular complexity index is 404. The van der Waals surface area contributed by atoms with Gasteiger partial charge in [-0.3, -0.25) is 4.99 Å². The lowest BCUT2D eigenvalue weighted by atomic mass is 10.3. The van der Waals surface area contributed by atoms with E-state index in [4.69, 9.17) is 4.42 Å². The van der Waals surface area contributed by atoms with E-state index in [-0.39, 0.29) is 0 Å². The second-order valence-corrected chi connectivity index (χ2v) is 5.95. The molecule has 118 valence electrons. The molecule has 0 fully saturated rings. The van der Waals surface area contributed by atoms with E-state index in [1.807, 2.05) is 30.0 Å². The highest BCUT2D eigenvalue weighted by Gasteiger charge is 2.03. The molecule has 0 amide bonds. The Kier molecular flexibility index (Phi) is 9.53. The molecule has 1 rings (SSSR count). The summed E-state index contributed by atoms with van der Waals surface area (Å²) in [4.78, 5) is 4.61. The minimum atomic E-state index is 0.417. The molecule has 2 N–H and O–H groups in total. The van der Waals surface area contributed by atoms with Crippen molar-refractivity contribution < 1.29 is 4.42 Å². The topological polar surface area (TPSA) is 49.6 Å². The van der Waals surface area contributed by atoms with Crippen LogP contribution in [-0.4, -0.2) is 36.6 Å². The van der Waals surface area contributed by atoms with Crippen LogP contribution in [0.3, 0.4) is 0 Å². The molecule has 5 heteroatoms. The normalized spacial score (nSPS) is 13.0. The smallest absolute Gasteiger partial charge is 0.191 e. The second-order valence-electron chi connectivity index (χ2n) is 4.80. The summed E-state index contributed by atoms with van der Waals surface area (Å²) >= 11 is 1.85. The number of rotatable bonds is 10. The van der Waals surface area contributed by atoms with E-state index in [0.717, 1.165) is 49.2 Å². The van der Waals surface area contributed by atoms with Crippen LogP contribution in [0.5, 0.6) is 0 Å².